The Bertz CT molecular complexity index is 822. The summed E-state index contributed by atoms with van der Waals surface area (Å²) in [6.45, 7) is 7.53. The van der Waals surface area contributed by atoms with Gasteiger partial charge in [-0.1, -0.05) is 0 Å². The third-order valence-electron chi connectivity index (χ3n) is 5.04. The third kappa shape index (κ3) is 4.95. The van der Waals surface area contributed by atoms with Gasteiger partial charge in [0.25, 0.3) is 0 Å². The minimum Gasteiger partial charge on any atom is -0.480 e. The highest BCUT2D eigenvalue weighted by atomic mass is 19.1. The second-order valence-electron chi connectivity index (χ2n) is 7.36. The van der Waals surface area contributed by atoms with E-state index in [-0.39, 0.29) is 18.5 Å². The Labute approximate surface area is 164 Å². The molecule has 0 spiro atoms. The van der Waals surface area contributed by atoms with Crippen LogP contribution >= 0.6 is 0 Å². The number of benzene rings is 1. The van der Waals surface area contributed by atoms with Crippen LogP contribution in [0.5, 0.6) is 0 Å². The van der Waals surface area contributed by atoms with E-state index in [1.54, 1.807) is 24.1 Å². The van der Waals surface area contributed by atoms with Crippen LogP contribution in [-0.4, -0.2) is 76.6 Å². The van der Waals surface area contributed by atoms with Gasteiger partial charge in [-0.25, -0.2) is 9.07 Å². The summed E-state index contributed by atoms with van der Waals surface area (Å²) in [6, 6.07) is 6.32. The van der Waals surface area contributed by atoms with Gasteiger partial charge in [0, 0.05) is 37.4 Å². The van der Waals surface area contributed by atoms with Gasteiger partial charge in [-0.3, -0.25) is 14.6 Å². The van der Waals surface area contributed by atoms with Gasteiger partial charge < -0.3 is 9.84 Å². The minimum absolute atomic E-state index is 0.00250. The summed E-state index contributed by atoms with van der Waals surface area (Å²) in [5.74, 6) is -1.10. The number of morpholine rings is 1. The van der Waals surface area contributed by atoms with Crippen LogP contribution in [-0.2, 0) is 16.1 Å². The number of carbonyl (C=O) groups is 1. The molecule has 1 N–H and O–H groups in total. The van der Waals surface area contributed by atoms with Gasteiger partial charge in [-0.2, -0.15) is 5.10 Å². The molecule has 1 aliphatic rings. The Balaban J connectivity index is 1.68. The molecule has 1 unspecified atom stereocenters. The first kappa shape index (κ1) is 20.4. The highest BCUT2D eigenvalue weighted by Crippen LogP contribution is 2.21. The van der Waals surface area contributed by atoms with Crippen molar-refractivity contribution in [3.05, 3.63) is 47.0 Å². The second-order valence-corrected chi connectivity index (χ2v) is 7.36. The van der Waals surface area contributed by atoms with Crippen LogP contribution < -0.4 is 0 Å². The molecule has 2 heterocycles. The SMILES string of the molecule is Cc1nn(-c2ccc(F)cc2)c(C)c1CN1CCOC(CN(C)CC(=O)O)C1. The number of halogens is 1. The molecule has 1 aliphatic heterocycles. The maximum Gasteiger partial charge on any atom is 0.317 e. The Morgan fingerprint density at radius 2 is 2.07 bits per heavy atom. The number of aliphatic carboxylic acids is 1. The molecular weight excluding hydrogens is 363 g/mol. The maximum absolute atomic E-state index is 13.2. The number of ether oxygens (including phenoxy) is 1. The number of hydrogen-bond acceptors (Lipinski definition) is 5. The molecule has 1 atom stereocenters. The predicted octanol–water partition coefficient (Wildman–Crippen LogP) is 1.85. The molecule has 3 rings (SSSR count). The van der Waals surface area contributed by atoms with Crippen molar-refractivity contribution in [3.8, 4) is 5.69 Å². The van der Waals surface area contributed by atoms with Gasteiger partial charge in [0.05, 0.1) is 30.6 Å². The fourth-order valence-corrected chi connectivity index (χ4v) is 3.64. The second kappa shape index (κ2) is 8.81. The Kier molecular flexibility index (Phi) is 6.43. The van der Waals surface area contributed by atoms with Crippen LogP contribution in [0.15, 0.2) is 24.3 Å². The Morgan fingerprint density at radius 1 is 1.36 bits per heavy atom. The van der Waals surface area contributed by atoms with Crippen molar-refractivity contribution in [1.29, 1.82) is 0 Å². The molecule has 0 amide bonds. The summed E-state index contributed by atoms with van der Waals surface area (Å²) in [5.41, 5.74) is 3.98. The van der Waals surface area contributed by atoms with Crippen molar-refractivity contribution in [2.45, 2.75) is 26.5 Å². The zero-order chi connectivity index (χ0) is 20.3. The molecule has 0 bridgehead atoms. The van der Waals surface area contributed by atoms with E-state index in [1.165, 1.54) is 12.1 Å². The summed E-state index contributed by atoms with van der Waals surface area (Å²) >= 11 is 0. The molecule has 8 heteroatoms. The number of aryl methyl sites for hydroxylation is 1. The van der Waals surface area contributed by atoms with Gasteiger partial charge in [0.15, 0.2) is 0 Å². The summed E-state index contributed by atoms with van der Waals surface area (Å²) in [4.78, 5) is 14.9. The molecule has 7 nitrogen and oxygen atoms in total. The lowest BCUT2D eigenvalue weighted by atomic mass is 10.1. The fraction of sp³-hybridized carbons (Fsp3) is 0.500. The van der Waals surface area contributed by atoms with Crippen LogP contribution in [0, 0.1) is 19.7 Å². The van der Waals surface area contributed by atoms with Gasteiger partial charge >= 0.3 is 5.97 Å². The minimum atomic E-state index is -0.838. The highest BCUT2D eigenvalue weighted by molar-refractivity contribution is 5.69. The van der Waals surface area contributed by atoms with Crippen molar-refractivity contribution in [3.63, 3.8) is 0 Å². The first-order valence-electron chi connectivity index (χ1n) is 9.39. The number of aromatic nitrogens is 2. The number of carboxylic acids is 1. The van der Waals surface area contributed by atoms with E-state index in [9.17, 15) is 9.18 Å². The van der Waals surface area contributed by atoms with Gasteiger partial charge in [-0.05, 0) is 45.2 Å². The van der Waals surface area contributed by atoms with E-state index >= 15 is 0 Å². The number of hydrogen-bond donors (Lipinski definition) is 1. The van der Waals surface area contributed by atoms with Crippen molar-refractivity contribution in [1.82, 2.24) is 19.6 Å². The van der Waals surface area contributed by atoms with E-state index in [1.807, 2.05) is 18.5 Å². The zero-order valence-electron chi connectivity index (χ0n) is 16.6. The maximum atomic E-state index is 13.2. The molecule has 2 aromatic rings. The molecule has 152 valence electrons. The average molecular weight is 390 g/mol. The first-order chi connectivity index (χ1) is 13.3. The van der Waals surface area contributed by atoms with Gasteiger partial charge in [-0.15, -0.1) is 0 Å². The zero-order valence-corrected chi connectivity index (χ0v) is 16.6. The molecule has 1 fully saturated rings. The summed E-state index contributed by atoms with van der Waals surface area (Å²) in [7, 11) is 1.79. The van der Waals surface area contributed by atoms with Crippen molar-refractivity contribution in [2.75, 3.05) is 39.8 Å². The number of carboxylic acid groups (broad SMARTS) is 1. The van der Waals surface area contributed by atoms with Crippen LogP contribution in [0.1, 0.15) is 17.0 Å². The van der Waals surface area contributed by atoms with Crippen molar-refractivity contribution in [2.24, 2.45) is 0 Å². The molecule has 28 heavy (non-hydrogen) atoms. The third-order valence-corrected chi connectivity index (χ3v) is 5.04. The lowest BCUT2D eigenvalue weighted by molar-refractivity contribution is -0.138. The summed E-state index contributed by atoms with van der Waals surface area (Å²) in [5, 5.41) is 13.5. The Morgan fingerprint density at radius 3 is 2.75 bits per heavy atom. The normalized spacial score (nSPS) is 18.0. The van der Waals surface area contributed by atoms with E-state index in [4.69, 9.17) is 9.84 Å². The average Bonchev–Trinajstić information content (AvgIpc) is 2.90. The molecule has 1 aromatic carbocycles. The van der Waals surface area contributed by atoms with Crippen LogP contribution in [0.2, 0.25) is 0 Å². The van der Waals surface area contributed by atoms with E-state index in [2.05, 4.69) is 10.00 Å². The summed E-state index contributed by atoms with van der Waals surface area (Å²) in [6.07, 6.45) is -0.0224. The fourth-order valence-electron chi connectivity index (χ4n) is 3.64. The topological polar surface area (TPSA) is 70.8 Å². The molecule has 0 radical (unpaired) electrons. The van der Waals surface area contributed by atoms with Gasteiger partial charge in [0.1, 0.15) is 5.82 Å². The first-order valence-corrected chi connectivity index (χ1v) is 9.39. The molecule has 0 saturated carbocycles. The number of rotatable bonds is 7. The monoisotopic (exact) mass is 390 g/mol. The number of nitrogens with zero attached hydrogens (tertiary/aromatic N) is 4. The van der Waals surface area contributed by atoms with Crippen molar-refractivity contribution < 1.29 is 19.0 Å². The van der Waals surface area contributed by atoms with Crippen LogP contribution in [0.4, 0.5) is 4.39 Å². The lowest BCUT2D eigenvalue weighted by Crippen LogP contribution is -2.47. The quantitative estimate of drug-likeness (QED) is 0.778. The van der Waals surface area contributed by atoms with Crippen LogP contribution in [0.3, 0.4) is 0 Å². The predicted molar refractivity (Wildman–Crippen MR) is 103 cm³/mol. The van der Waals surface area contributed by atoms with Crippen LogP contribution in [0.25, 0.3) is 5.69 Å². The van der Waals surface area contributed by atoms with E-state index in [0.29, 0.717) is 13.2 Å². The molecule has 1 aromatic heterocycles. The molecule has 1 saturated heterocycles. The van der Waals surface area contributed by atoms with E-state index < -0.39 is 5.97 Å². The largest absolute Gasteiger partial charge is 0.480 e. The molecular formula is C20H27FN4O3. The number of likely N-dealkylation sites (N-methyl/N-ethyl adjacent to an activating group) is 1. The lowest BCUT2D eigenvalue weighted by Gasteiger charge is -2.34. The standard InChI is InChI=1S/C20H27FN4O3/c1-14-19(15(2)25(22-14)17-6-4-16(21)5-7-17)12-24-8-9-28-18(11-24)10-23(3)13-20(26)27/h4-7,18H,8-13H2,1-3H3,(H,26,27). The Hall–Kier alpha value is -2.29. The smallest absolute Gasteiger partial charge is 0.317 e. The highest BCUT2D eigenvalue weighted by Gasteiger charge is 2.24. The van der Waals surface area contributed by atoms with Crippen molar-refractivity contribution >= 4 is 5.97 Å². The molecule has 0 aliphatic carbocycles. The van der Waals surface area contributed by atoms with Gasteiger partial charge in [0.2, 0.25) is 0 Å². The summed E-state index contributed by atoms with van der Waals surface area (Å²) < 4.78 is 20.9. The van der Waals surface area contributed by atoms with E-state index in [0.717, 1.165) is 42.3 Å².